The number of hydrogen-bond donors (Lipinski definition) is 1. The third-order valence-corrected chi connectivity index (χ3v) is 2.97. The summed E-state index contributed by atoms with van der Waals surface area (Å²) < 4.78 is 24.0. The topological polar surface area (TPSA) is 47.6 Å². The molecule has 0 radical (unpaired) electrons. The van der Waals surface area contributed by atoms with Crippen LogP contribution in [0.15, 0.2) is 18.2 Å². The number of rotatable bonds is 6. The van der Waals surface area contributed by atoms with Crippen LogP contribution in [0.5, 0.6) is 11.5 Å². The van der Waals surface area contributed by atoms with Gasteiger partial charge in [-0.2, -0.15) is 0 Å². The second-order valence-corrected chi connectivity index (χ2v) is 4.30. The van der Waals surface area contributed by atoms with Crippen LogP contribution in [-0.4, -0.2) is 32.1 Å². The van der Waals surface area contributed by atoms with E-state index in [1.807, 2.05) is 7.05 Å². The summed E-state index contributed by atoms with van der Waals surface area (Å²) in [6.45, 7) is -0.0891. The minimum absolute atomic E-state index is 0.0891. The fourth-order valence-corrected chi connectivity index (χ4v) is 1.91. The molecule has 0 unspecified atom stereocenters. The molecule has 1 aliphatic rings. The van der Waals surface area contributed by atoms with Gasteiger partial charge in [-0.25, -0.2) is 4.39 Å². The van der Waals surface area contributed by atoms with E-state index in [0.717, 1.165) is 12.8 Å². The second-order valence-electron chi connectivity index (χ2n) is 4.30. The Kier molecular flexibility index (Phi) is 4.15. The Morgan fingerprint density at radius 1 is 1.39 bits per heavy atom. The highest BCUT2D eigenvalue weighted by Gasteiger charge is 2.29. The number of hydrogen-bond acceptors (Lipinski definition) is 4. The monoisotopic (exact) mass is 253 g/mol. The van der Waals surface area contributed by atoms with Crippen LogP contribution in [0.25, 0.3) is 0 Å². The maximum Gasteiger partial charge on any atom is 0.157 e. The summed E-state index contributed by atoms with van der Waals surface area (Å²) in [5.41, 5.74) is 0. The molecular formula is C13H16FNO3. The van der Waals surface area contributed by atoms with Crippen LogP contribution in [0.1, 0.15) is 12.8 Å². The quantitative estimate of drug-likeness (QED) is 0.781. The van der Waals surface area contributed by atoms with E-state index in [-0.39, 0.29) is 12.7 Å². The molecule has 0 heterocycles. The van der Waals surface area contributed by atoms with Gasteiger partial charge in [-0.15, -0.1) is 0 Å². The average Bonchev–Trinajstić information content (AvgIpc) is 2.30. The van der Waals surface area contributed by atoms with Crippen molar-refractivity contribution in [1.29, 1.82) is 0 Å². The van der Waals surface area contributed by atoms with Gasteiger partial charge in [0, 0.05) is 24.2 Å². The molecule has 18 heavy (non-hydrogen) atoms. The van der Waals surface area contributed by atoms with Gasteiger partial charge in [-0.3, -0.25) is 4.79 Å². The summed E-state index contributed by atoms with van der Waals surface area (Å²) in [6, 6.07) is 4.63. The van der Waals surface area contributed by atoms with E-state index >= 15 is 0 Å². The fraction of sp³-hybridized carbons (Fsp3) is 0.462. The number of halogens is 1. The van der Waals surface area contributed by atoms with Crippen molar-refractivity contribution in [2.75, 3.05) is 13.7 Å². The van der Waals surface area contributed by atoms with Crippen LogP contribution in [0.4, 0.5) is 4.39 Å². The lowest BCUT2D eigenvalue weighted by Crippen LogP contribution is -2.45. The zero-order chi connectivity index (χ0) is 13.0. The van der Waals surface area contributed by atoms with E-state index < -0.39 is 5.82 Å². The molecule has 0 amide bonds. The third-order valence-electron chi connectivity index (χ3n) is 2.97. The highest BCUT2D eigenvalue weighted by atomic mass is 19.1. The van der Waals surface area contributed by atoms with Crippen molar-refractivity contribution in [2.24, 2.45) is 0 Å². The zero-order valence-electron chi connectivity index (χ0n) is 10.2. The van der Waals surface area contributed by atoms with Gasteiger partial charge in [0.05, 0.1) is 0 Å². The minimum atomic E-state index is -0.433. The van der Waals surface area contributed by atoms with Gasteiger partial charge in [0.1, 0.15) is 30.0 Å². The van der Waals surface area contributed by atoms with E-state index in [1.165, 1.54) is 12.1 Å². The first-order valence-corrected chi connectivity index (χ1v) is 5.92. The molecular weight excluding hydrogens is 237 g/mol. The number of aldehydes is 1. The lowest BCUT2D eigenvalue weighted by Gasteiger charge is -2.35. The molecule has 1 saturated carbocycles. The number of nitrogens with one attached hydrogen (secondary N) is 1. The molecule has 1 fully saturated rings. The minimum Gasteiger partial charge on any atom is -0.490 e. The van der Waals surface area contributed by atoms with Gasteiger partial charge in [0.15, 0.2) is 6.29 Å². The lowest BCUT2D eigenvalue weighted by molar-refractivity contribution is -0.109. The first-order chi connectivity index (χ1) is 8.71. The van der Waals surface area contributed by atoms with E-state index in [0.29, 0.717) is 23.8 Å². The van der Waals surface area contributed by atoms with Crippen molar-refractivity contribution >= 4 is 6.29 Å². The first kappa shape index (κ1) is 12.8. The Balaban J connectivity index is 1.95. The van der Waals surface area contributed by atoms with Crippen LogP contribution in [0.2, 0.25) is 0 Å². The van der Waals surface area contributed by atoms with E-state index in [4.69, 9.17) is 9.47 Å². The summed E-state index contributed by atoms with van der Waals surface area (Å²) in [5.74, 6) is 0.315. The molecule has 4 nitrogen and oxygen atoms in total. The van der Waals surface area contributed by atoms with Crippen LogP contribution >= 0.6 is 0 Å². The molecule has 1 aromatic carbocycles. The predicted octanol–water partition coefficient (Wildman–Crippen LogP) is 1.53. The van der Waals surface area contributed by atoms with Crippen molar-refractivity contribution in [2.45, 2.75) is 25.0 Å². The molecule has 2 rings (SSSR count). The first-order valence-electron chi connectivity index (χ1n) is 5.92. The highest BCUT2D eigenvalue weighted by Crippen LogP contribution is 2.28. The molecule has 0 aromatic heterocycles. The van der Waals surface area contributed by atoms with Gasteiger partial charge in [-0.05, 0) is 19.9 Å². The Hall–Kier alpha value is -1.62. The largest absolute Gasteiger partial charge is 0.490 e. The third kappa shape index (κ3) is 3.20. The zero-order valence-corrected chi connectivity index (χ0v) is 10.2. The van der Waals surface area contributed by atoms with E-state index in [2.05, 4.69) is 5.32 Å². The summed E-state index contributed by atoms with van der Waals surface area (Å²) in [6.07, 6.45) is 2.56. The van der Waals surface area contributed by atoms with Gasteiger partial charge in [-0.1, -0.05) is 0 Å². The van der Waals surface area contributed by atoms with Crippen molar-refractivity contribution in [3.05, 3.63) is 24.0 Å². The van der Waals surface area contributed by atoms with Gasteiger partial charge < -0.3 is 14.8 Å². The second kappa shape index (κ2) is 5.82. The Morgan fingerprint density at radius 3 is 2.78 bits per heavy atom. The summed E-state index contributed by atoms with van der Waals surface area (Å²) in [5, 5.41) is 3.15. The van der Waals surface area contributed by atoms with Crippen LogP contribution < -0.4 is 14.8 Å². The van der Waals surface area contributed by atoms with Crippen molar-refractivity contribution in [3.63, 3.8) is 0 Å². The summed E-state index contributed by atoms with van der Waals surface area (Å²) in [4.78, 5) is 10.2. The molecule has 1 aromatic rings. The maximum absolute atomic E-state index is 13.3. The number of ether oxygens (including phenoxy) is 2. The van der Waals surface area contributed by atoms with Crippen molar-refractivity contribution < 1.29 is 18.7 Å². The van der Waals surface area contributed by atoms with Gasteiger partial charge in [0.2, 0.25) is 0 Å². The van der Waals surface area contributed by atoms with E-state index in [9.17, 15) is 9.18 Å². The number of carbonyl (C=O) groups excluding carboxylic acids is 1. The highest BCUT2D eigenvalue weighted by molar-refractivity contribution is 5.51. The summed E-state index contributed by atoms with van der Waals surface area (Å²) >= 11 is 0. The van der Waals surface area contributed by atoms with Crippen LogP contribution in [-0.2, 0) is 4.79 Å². The van der Waals surface area contributed by atoms with Gasteiger partial charge >= 0.3 is 0 Å². The van der Waals surface area contributed by atoms with Crippen LogP contribution in [0, 0.1) is 5.82 Å². The van der Waals surface area contributed by atoms with Crippen LogP contribution in [0.3, 0.4) is 0 Å². The molecule has 5 heteroatoms. The number of carbonyl (C=O) groups is 1. The maximum atomic E-state index is 13.3. The normalized spacial score (nSPS) is 22.1. The smallest absolute Gasteiger partial charge is 0.157 e. The molecule has 0 saturated heterocycles. The fourth-order valence-electron chi connectivity index (χ4n) is 1.91. The average molecular weight is 253 g/mol. The number of benzene rings is 1. The lowest BCUT2D eigenvalue weighted by atomic mass is 9.89. The van der Waals surface area contributed by atoms with E-state index in [1.54, 1.807) is 6.07 Å². The standard InChI is InChI=1S/C13H16FNO3/c1-15-10-6-13(7-10)18-12-5-9(14)4-11(8-12)17-3-2-16/h2,4-5,8,10,13,15H,3,6-7H2,1H3. The van der Waals surface area contributed by atoms with Crippen molar-refractivity contribution in [3.8, 4) is 11.5 Å². The van der Waals surface area contributed by atoms with Gasteiger partial charge in [0.25, 0.3) is 0 Å². The predicted molar refractivity (Wildman–Crippen MR) is 64.5 cm³/mol. The molecule has 0 atom stereocenters. The van der Waals surface area contributed by atoms with Crippen molar-refractivity contribution in [1.82, 2.24) is 5.32 Å². The molecule has 0 spiro atoms. The summed E-state index contributed by atoms with van der Waals surface area (Å²) in [7, 11) is 1.91. The SMILES string of the molecule is CNC1CC(Oc2cc(F)cc(OCC=O)c2)C1. The molecule has 1 N–H and O–H groups in total. The molecule has 0 bridgehead atoms. The molecule has 1 aliphatic carbocycles. The Morgan fingerprint density at radius 2 is 2.11 bits per heavy atom. The molecule has 98 valence electrons. The Labute approximate surface area is 105 Å². The molecule has 0 aliphatic heterocycles. The Bertz CT molecular complexity index is 419.